The standard InChI is InChI=1S/C22H24N4O2/c1-14-6-8-17(9-7-14)26-18-11-16-5-4-10-22(19(27)24-20(28)25(22)3)21(16,2)12-15(18)13-23-26/h6-9,11,13H,4-5,10,12H2,1-3H3,(H,24,27,28)/t21-,22-/m0/s1. The number of carbonyl (C=O) groups excluding carboxylic acids is 2. The molecule has 1 aromatic heterocycles. The first-order valence-corrected chi connectivity index (χ1v) is 9.81. The minimum absolute atomic E-state index is 0.164. The highest BCUT2D eigenvalue weighted by molar-refractivity contribution is 6.08. The third-order valence-electron chi connectivity index (χ3n) is 7.10. The van der Waals surface area contributed by atoms with Gasteiger partial charge in [0, 0.05) is 12.5 Å². The Morgan fingerprint density at radius 1 is 1.18 bits per heavy atom. The number of urea groups is 1. The molecule has 2 fully saturated rings. The number of rotatable bonds is 1. The lowest BCUT2D eigenvalue weighted by Gasteiger charge is -2.53. The number of imide groups is 1. The fourth-order valence-electron chi connectivity index (χ4n) is 5.47. The Balaban J connectivity index is 1.64. The van der Waals surface area contributed by atoms with Crippen molar-refractivity contribution in [1.29, 1.82) is 0 Å². The van der Waals surface area contributed by atoms with Crippen LogP contribution < -0.4 is 5.32 Å². The minimum Gasteiger partial charge on any atom is -0.312 e. The number of aryl methyl sites for hydroxylation is 1. The van der Waals surface area contributed by atoms with Gasteiger partial charge in [-0.05, 0) is 56.4 Å². The van der Waals surface area contributed by atoms with Crippen LogP contribution in [0.5, 0.6) is 0 Å². The molecule has 3 aliphatic rings. The molecule has 6 nitrogen and oxygen atoms in total. The first kappa shape index (κ1) is 17.2. The van der Waals surface area contributed by atoms with Gasteiger partial charge in [0.05, 0.1) is 17.6 Å². The number of carbonyl (C=O) groups is 2. The molecular weight excluding hydrogens is 352 g/mol. The number of nitrogens with zero attached hydrogens (tertiary/aromatic N) is 3. The minimum atomic E-state index is -0.822. The molecule has 2 heterocycles. The molecule has 5 rings (SSSR count). The van der Waals surface area contributed by atoms with E-state index in [-0.39, 0.29) is 11.9 Å². The van der Waals surface area contributed by atoms with Gasteiger partial charge in [0.2, 0.25) is 0 Å². The van der Waals surface area contributed by atoms with E-state index in [0.717, 1.165) is 29.8 Å². The quantitative estimate of drug-likeness (QED) is 0.777. The smallest absolute Gasteiger partial charge is 0.312 e. The Hall–Kier alpha value is -2.89. The Kier molecular flexibility index (Phi) is 3.42. The van der Waals surface area contributed by atoms with Crippen LogP contribution in [0, 0.1) is 12.3 Å². The summed E-state index contributed by atoms with van der Waals surface area (Å²) < 4.78 is 1.98. The third kappa shape index (κ3) is 2.00. The lowest BCUT2D eigenvalue weighted by atomic mass is 9.55. The van der Waals surface area contributed by atoms with Crippen LogP contribution in [0.25, 0.3) is 11.8 Å². The number of hydrogen-bond donors (Lipinski definition) is 1. The van der Waals surface area contributed by atoms with Crippen LogP contribution in [-0.2, 0) is 11.2 Å². The first-order valence-electron chi connectivity index (χ1n) is 9.81. The summed E-state index contributed by atoms with van der Waals surface area (Å²) in [6.45, 7) is 4.21. The predicted octanol–water partition coefficient (Wildman–Crippen LogP) is 3.23. The topological polar surface area (TPSA) is 67.2 Å². The van der Waals surface area contributed by atoms with E-state index < -0.39 is 11.0 Å². The van der Waals surface area contributed by atoms with Crippen molar-refractivity contribution in [3.63, 3.8) is 0 Å². The highest BCUT2D eigenvalue weighted by Gasteiger charge is 2.64. The average molecular weight is 376 g/mol. The van der Waals surface area contributed by atoms with Gasteiger partial charge in [-0.25, -0.2) is 9.48 Å². The molecule has 1 saturated carbocycles. The summed E-state index contributed by atoms with van der Waals surface area (Å²) in [5.74, 6) is -0.164. The average Bonchev–Trinajstić information content (AvgIpc) is 3.16. The SMILES string of the molecule is Cc1ccc(-n2ncc3c2C=C2CCC[C@]4(C(=O)NC(=O)N4C)[C@@]2(C)C3)cc1. The number of likely N-dealkylation sites (N-methyl/N-ethyl adjacent to an activating group) is 1. The molecule has 1 saturated heterocycles. The highest BCUT2D eigenvalue weighted by atomic mass is 16.2. The molecule has 0 radical (unpaired) electrons. The fourth-order valence-corrected chi connectivity index (χ4v) is 5.47. The zero-order valence-electron chi connectivity index (χ0n) is 16.5. The van der Waals surface area contributed by atoms with Gasteiger partial charge in [0.15, 0.2) is 0 Å². The van der Waals surface area contributed by atoms with Crippen LogP contribution in [0.2, 0.25) is 0 Å². The fraction of sp³-hybridized carbons (Fsp3) is 0.409. The Morgan fingerprint density at radius 3 is 2.61 bits per heavy atom. The van der Waals surface area contributed by atoms with Crippen molar-refractivity contribution in [1.82, 2.24) is 20.0 Å². The number of hydrogen-bond acceptors (Lipinski definition) is 3. The lowest BCUT2D eigenvalue weighted by Crippen LogP contribution is -2.63. The van der Waals surface area contributed by atoms with E-state index >= 15 is 0 Å². The van der Waals surface area contributed by atoms with Crippen LogP contribution in [0.3, 0.4) is 0 Å². The second-order valence-corrected chi connectivity index (χ2v) is 8.51. The van der Waals surface area contributed by atoms with Crippen LogP contribution >= 0.6 is 0 Å². The first-order chi connectivity index (χ1) is 13.4. The van der Waals surface area contributed by atoms with Gasteiger partial charge in [0.25, 0.3) is 5.91 Å². The van der Waals surface area contributed by atoms with Gasteiger partial charge in [-0.2, -0.15) is 5.10 Å². The van der Waals surface area contributed by atoms with Crippen molar-refractivity contribution in [2.75, 3.05) is 7.05 Å². The molecule has 3 amide bonds. The Bertz CT molecular complexity index is 1040. The van der Waals surface area contributed by atoms with Gasteiger partial charge < -0.3 is 4.90 Å². The molecule has 1 spiro atoms. The summed E-state index contributed by atoms with van der Waals surface area (Å²) in [5, 5.41) is 7.19. The van der Waals surface area contributed by atoms with Gasteiger partial charge in [-0.1, -0.05) is 30.2 Å². The van der Waals surface area contributed by atoms with Gasteiger partial charge in [-0.15, -0.1) is 0 Å². The predicted molar refractivity (Wildman–Crippen MR) is 106 cm³/mol. The maximum absolute atomic E-state index is 13.0. The van der Waals surface area contributed by atoms with Crippen LogP contribution in [0.1, 0.15) is 43.0 Å². The van der Waals surface area contributed by atoms with E-state index in [1.54, 1.807) is 11.9 Å². The van der Waals surface area contributed by atoms with Crippen molar-refractivity contribution >= 4 is 18.0 Å². The summed E-state index contributed by atoms with van der Waals surface area (Å²) in [7, 11) is 1.75. The van der Waals surface area contributed by atoms with Gasteiger partial charge in [0.1, 0.15) is 5.54 Å². The number of aromatic nitrogens is 2. The molecule has 144 valence electrons. The molecule has 6 heteroatoms. The normalized spacial score (nSPS) is 28.8. The second-order valence-electron chi connectivity index (χ2n) is 8.51. The summed E-state index contributed by atoms with van der Waals surface area (Å²) in [6.07, 6.45) is 7.33. The number of nitrogens with one attached hydrogen (secondary N) is 1. The number of amides is 3. The summed E-state index contributed by atoms with van der Waals surface area (Å²) in [4.78, 5) is 26.9. The van der Waals surface area contributed by atoms with E-state index in [1.165, 1.54) is 11.1 Å². The second kappa shape index (κ2) is 5.56. The van der Waals surface area contributed by atoms with E-state index in [4.69, 9.17) is 0 Å². The molecule has 1 aliphatic heterocycles. The Morgan fingerprint density at radius 2 is 1.93 bits per heavy atom. The van der Waals surface area contributed by atoms with Crippen LogP contribution in [-0.4, -0.2) is 39.2 Å². The van der Waals surface area contributed by atoms with Crippen molar-refractivity contribution in [3.8, 4) is 5.69 Å². The van der Waals surface area contributed by atoms with E-state index in [2.05, 4.69) is 54.6 Å². The highest BCUT2D eigenvalue weighted by Crippen LogP contribution is 2.56. The van der Waals surface area contributed by atoms with E-state index in [1.807, 2.05) is 10.9 Å². The number of fused-ring (bicyclic) bond motifs is 3. The maximum atomic E-state index is 13.0. The number of benzene rings is 1. The molecule has 1 aromatic carbocycles. The summed E-state index contributed by atoms with van der Waals surface area (Å²) in [6, 6.07) is 8.03. The molecule has 2 aliphatic carbocycles. The van der Waals surface area contributed by atoms with E-state index in [9.17, 15) is 9.59 Å². The van der Waals surface area contributed by atoms with Crippen molar-refractivity contribution < 1.29 is 9.59 Å². The largest absolute Gasteiger partial charge is 0.324 e. The summed E-state index contributed by atoms with van der Waals surface area (Å²) in [5.41, 5.74) is 4.43. The maximum Gasteiger partial charge on any atom is 0.324 e. The molecule has 2 atom stereocenters. The lowest BCUT2D eigenvalue weighted by molar-refractivity contribution is -0.133. The molecule has 0 bridgehead atoms. The zero-order valence-corrected chi connectivity index (χ0v) is 16.5. The van der Waals surface area contributed by atoms with Crippen LogP contribution in [0.4, 0.5) is 4.79 Å². The van der Waals surface area contributed by atoms with Gasteiger partial charge >= 0.3 is 6.03 Å². The van der Waals surface area contributed by atoms with E-state index in [0.29, 0.717) is 12.8 Å². The van der Waals surface area contributed by atoms with Crippen molar-refractivity contribution in [2.45, 2.75) is 45.1 Å². The molecule has 0 unspecified atom stereocenters. The van der Waals surface area contributed by atoms with Crippen molar-refractivity contribution in [2.24, 2.45) is 5.41 Å². The molecule has 28 heavy (non-hydrogen) atoms. The van der Waals surface area contributed by atoms with Crippen molar-refractivity contribution in [3.05, 3.63) is 52.9 Å². The Labute approximate surface area is 164 Å². The molecule has 1 N–H and O–H groups in total. The third-order valence-corrected chi connectivity index (χ3v) is 7.10. The molecule has 2 aromatic rings. The van der Waals surface area contributed by atoms with Crippen LogP contribution in [0.15, 0.2) is 36.0 Å². The zero-order chi connectivity index (χ0) is 19.7. The summed E-state index contributed by atoms with van der Waals surface area (Å²) >= 11 is 0. The van der Waals surface area contributed by atoms with Gasteiger partial charge in [-0.3, -0.25) is 10.1 Å². The molecular formula is C22H24N4O2. The monoisotopic (exact) mass is 376 g/mol.